The average Bonchev–Trinajstić information content (AvgIpc) is 3.51. The van der Waals surface area contributed by atoms with Crippen molar-refractivity contribution in [3.05, 3.63) is 313 Å². The normalized spacial score (nSPS) is 11.0. The zero-order chi connectivity index (χ0) is 51.2. The highest BCUT2D eigenvalue weighted by atomic mass is 35.5. The van der Waals surface area contributed by atoms with E-state index in [-0.39, 0.29) is 0 Å². The van der Waals surface area contributed by atoms with Crippen LogP contribution < -0.4 is 9.80 Å². The molecule has 0 radical (unpaired) electrons. The van der Waals surface area contributed by atoms with Crippen LogP contribution in [0, 0.1) is 0 Å². The fraction of sp³-hybridized carbons (Fsp3) is 0. The van der Waals surface area contributed by atoms with Crippen molar-refractivity contribution in [2.45, 2.75) is 0 Å². The number of hydrogen-bond donors (Lipinski definition) is 0. The second-order valence-corrected chi connectivity index (χ2v) is 19.6. The molecule has 12 aromatic rings. The number of rotatable bonds is 13. The third-order valence-electron chi connectivity index (χ3n) is 13.9. The first kappa shape index (κ1) is 47.8. The van der Waals surface area contributed by atoms with E-state index in [4.69, 9.17) is 23.2 Å². The summed E-state index contributed by atoms with van der Waals surface area (Å²) in [5.41, 5.74) is 20.7. The molecule has 76 heavy (non-hydrogen) atoms. The molecule has 0 spiro atoms. The van der Waals surface area contributed by atoms with E-state index in [9.17, 15) is 0 Å². The van der Waals surface area contributed by atoms with Crippen LogP contribution in [0.4, 0.5) is 34.1 Å². The highest BCUT2D eigenvalue weighted by Gasteiger charge is 2.28. The molecule has 0 aliphatic heterocycles. The number of anilines is 6. The summed E-state index contributed by atoms with van der Waals surface area (Å²) in [4.78, 5) is 4.86. The van der Waals surface area contributed by atoms with Gasteiger partial charge in [-0.15, -0.1) is 0 Å². The lowest BCUT2D eigenvalue weighted by Crippen LogP contribution is -2.16. The Balaban J connectivity index is 1.20. The van der Waals surface area contributed by atoms with E-state index in [0.29, 0.717) is 10.0 Å². The minimum absolute atomic E-state index is 0.648. The molecular formula is C72H50Cl2N2. The second-order valence-electron chi connectivity index (χ2n) is 18.8. The fourth-order valence-corrected chi connectivity index (χ4v) is 10.8. The Hall–Kier alpha value is -9.18. The molecule has 12 rings (SSSR count). The lowest BCUT2D eigenvalue weighted by atomic mass is 9.92. The van der Waals surface area contributed by atoms with Gasteiger partial charge in [0.25, 0.3) is 0 Å². The number of benzene rings is 12. The number of halogens is 2. The molecule has 0 aliphatic rings. The minimum atomic E-state index is 0.648. The molecule has 0 aliphatic carbocycles. The second kappa shape index (κ2) is 21.7. The lowest BCUT2D eigenvalue weighted by molar-refractivity contribution is 1.25. The van der Waals surface area contributed by atoms with E-state index in [2.05, 4.69) is 313 Å². The van der Waals surface area contributed by atoms with Gasteiger partial charge in [-0.3, -0.25) is 0 Å². The first-order valence-electron chi connectivity index (χ1n) is 25.5. The van der Waals surface area contributed by atoms with E-state index in [1.54, 1.807) is 0 Å². The van der Waals surface area contributed by atoms with Crippen molar-refractivity contribution in [3.8, 4) is 77.9 Å². The summed E-state index contributed by atoms with van der Waals surface area (Å²) in [6.45, 7) is 0. The largest absolute Gasteiger partial charge is 0.309 e. The summed E-state index contributed by atoms with van der Waals surface area (Å²) in [6, 6.07) is 108. The van der Waals surface area contributed by atoms with Crippen molar-refractivity contribution in [3.63, 3.8) is 0 Å². The van der Waals surface area contributed by atoms with Gasteiger partial charge in [0, 0.05) is 55.0 Å². The van der Waals surface area contributed by atoms with E-state index in [1.807, 2.05) is 0 Å². The van der Waals surface area contributed by atoms with Crippen LogP contribution in [0.2, 0.25) is 10.0 Å². The summed E-state index contributed by atoms with van der Waals surface area (Å²) in [5, 5.41) is 1.30. The quantitative estimate of drug-likeness (QED) is 0.114. The summed E-state index contributed by atoms with van der Waals surface area (Å²) in [5.74, 6) is 0. The smallest absolute Gasteiger partial charge is 0.0619 e. The predicted octanol–water partition coefficient (Wildman–Crippen LogP) is 21.6. The standard InChI is InChI=1S/C72H50Cl2N2/c73-61-46-67(56-28-14-4-15-29-56)71(68(47-61)57-30-16-5-17-31-57)75(63-40-36-54(37-41-63)51-22-8-1-9-23-51)65-44-60(53-26-12-3-13-27-53)45-66(50-65)76(64-42-38-55(39-43-64)52-24-10-2-11-25-52)72-69(58-32-18-6-19-33-58)48-62(74)49-70(72)59-34-20-7-21-35-59/h1-50H. The van der Waals surface area contributed by atoms with Gasteiger partial charge in [-0.05, 0) is 122 Å². The van der Waals surface area contributed by atoms with Crippen LogP contribution in [0.5, 0.6) is 0 Å². The predicted molar refractivity (Wildman–Crippen MR) is 324 cm³/mol. The van der Waals surface area contributed by atoms with Crippen molar-refractivity contribution >= 4 is 57.3 Å². The minimum Gasteiger partial charge on any atom is -0.309 e. The molecule has 0 N–H and O–H groups in total. The third kappa shape index (κ3) is 9.96. The van der Waals surface area contributed by atoms with E-state index >= 15 is 0 Å². The zero-order valence-corrected chi connectivity index (χ0v) is 43.0. The van der Waals surface area contributed by atoms with E-state index < -0.39 is 0 Å². The third-order valence-corrected chi connectivity index (χ3v) is 14.4. The van der Waals surface area contributed by atoms with Crippen LogP contribution in [0.15, 0.2) is 303 Å². The number of nitrogens with zero attached hydrogens (tertiary/aromatic N) is 2. The first-order chi connectivity index (χ1) is 37.5. The van der Waals surface area contributed by atoms with Crippen molar-refractivity contribution < 1.29 is 0 Å². The van der Waals surface area contributed by atoms with E-state index in [1.165, 1.54) is 0 Å². The molecule has 4 heteroatoms. The van der Waals surface area contributed by atoms with Crippen LogP contribution >= 0.6 is 23.2 Å². The van der Waals surface area contributed by atoms with Crippen LogP contribution in [-0.2, 0) is 0 Å². The Bertz CT molecular complexity index is 3530. The van der Waals surface area contributed by atoms with Crippen LogP contribution in [-0.4, -0.2) is 0 Å². The molecule has 2 nitrogen and oxygen atoms in total. The Morgan fingerprint density at radius 1 is 0.184 bits per heavy atom. The number of hydrogen-bond acceptors (Lipinski definition) is 2. The first-order valence-corrected chi connectivity index (χ1v) is 26.3. The fourth-order valence-electron chi connectivity index (χ4n) is 10.4. The van der Waals surface area contributed by atoms with Gasteiger partial charge in [0.15, 0.2) is 0 Å². The van der Waals surface area contributed by atoms with Crippen molar-refractivity contribution in [2.24, 2.45) is 0 Å². The van der Waals surface area contributed by atoms with Gasteiger partial charge in [0.2, 0.25) is 0 Å². The van der Waals surface area contributed by atoms with Gasteiger partial charge in [-0.1, -0.05) is 260 Å². The molecule has 12 aromatic carbocycles. The monoisotopic (exact) mass is 1010 g/mol. The molecular weight excluding hydrogens is 964 g/mol. The van der Waals surface area contributed by atoms with E-state index in [0.717, 1.165) is 112 Å². The summed E-state index contributed by atoms with van der Waals surface area (Å²) in [6.07, 6.45) is 0. The summed E-state index contributed by atoms with van der Waals surface area (Å²) in [7, 11) is 0. The van der Waals surface area contributed by atoms with Crippen molar-refractivity contribution in [1.29, 1.82) is 0 Å². The Labute approximate surface area is 455 Å². The summed E-state index contributed by atoms with van der Waals surface area (Å²) < 4.78 is 0. The molecule has 362 valence electrons. The molecule has 0 bridgehead atoms. The Kier molecular flexibility index (Phi) is 13.7. The van der Waals surface area contributed by atoms with Gasteiger partial charge in [-0.25, -0.2) is 0 Å². The van der Waals surface area contributed by atoms with Gasteiger partial charge < -0.3 is 9.80 Å². The van der Waals surface area contributed by atoms with Crippen molar-refractivity contribution in [2.75, 3.05) is 9.80 Å². The van der Waals surface area contributed by atoms with Gasteiger partial charge >= 0.3 is 0 Å². The molecule has 0 saturated heterocycles. The van der Waals surface area contributed by atoms with Crippen LogP contribution in [0.3, 0.4) is 0 Å². The molecule has 0 atom stereocenters. The van der Waals surface area contributed by atoms with Crippen LogP contribution in [0.1, 0.15) is 0 Å². The maximum absolute atomic E-state index is 7.27. The zero-order valence-electron chi connectivity index (χ0n) is 41.5. The topological polar surface area (TPSA) is 6.48 Å². The van der Waals surface area contributed by atoms with Crippen molar-refractivity contribution in [1.82, 2.24) is 0 Å². The molecule has 0 aromatic heterocycles. The summed E-state index contributed by atoms with van der Waals surface area (Å²) >= 11 is 14.5. The molecule has 0 saturated carbocycles. The molecule has 0 unspecified atom stereocenters. The molecule has 0 amide bonds. The lowest BCUT2D eigenvalue weighted by Gasteiger charge is -2.34. The molecule has 0 fully saturated rings. The van der Waals surface area contributed by atoms with Gasteiger partial charge in [-0.2, -0.15) is 0 Å². The SMILES string of the molecule is Clc1cc(-c2ccccc2)c(N(c2ccc(-c3ccccc3)cc2)c2cc(-c3ccccc3)cc(N(c3ccc(-c4ccccc4)cc3)c3c(-c4ccccc4)cc(Cl)cc3-c3ccccc3)c2)c(-c2ccccc2)c1. The maximum atomic E-state index is 7.27. The highest BCUT2D eigenvalue weighted by molar-refractivity contribution is 6.32. The maximum Gasteiger partial charge on any atom is 0.0619 e. The van der Waals surface area contributed by atoms with Gasteiger partial charge in [0.1, 0.15) is 0 Å². The highest BCUT2D eigenvalue weighted by Crippen LogP contribution is 2.53. The Morgan fingerprint density at radius 2 is 0.408 bits per heavy atom. The van der Waals surface area contributed by atoms with Gasteiger partial charge in [0.05, 0.1) is 11.4 Å². The molecule has 0 heterocycles. The Morgan fingerprint density at radius 3 is 0.671 bits per heavy atom. The average molecular weight is 1010 g/mol. The van der Waals surface area contributed by atoms with Crippen LogP contribution in [0.25, 0.3) is 77.9 Å².